The van der Waals surface area contributed by atoms with E-state index in [1.54, 1.807) is 6.92 Å². The van der Waals surface area contributed by atoms with Crippen molar-refractivity contribution in [3.63, 3.8) is 0 Å². The number of carbonyl (C=O) groups is 1. The molecule has 1 atom stereocenters. The number of halogens is 1. The number of fused-ring (bicyclic) bond motifs is 4. The first-order valence-corrected chi connectivity index (χ1v) is 10.9. The first-order valence-electron chi connectivity index (χ1n) is 10.1. The zero-order chi connectivity index (χ0) is 20.2. The number of piperidine rings is 1. The van der Waals surface area contributed by atoms with Crippen molar-refractivity contribution in [2.45, 2.75) is 44.9 Å². The number of hydrogen-bond acceptors (Lipinski definition) is 4. The van der Waals surface area contributed by atoms with Gasteiger partial charge in [0, 0.05) is 49.3 Å². The van der Waals surface area contributed by atoms with Crippen LogP contribution < -0.4 is 4.74 Å². The molecule has 5 rings (SSSR count). The van der Waals surface area contributed by atoms with E-state index in [0.29, 0.717) is 13.1 Å². The number of rotatable bonds is 1. The lowest BCUT2D eigenvalue weighted by molar-refractivity contribution is -0.158. The number of ether oxygens (including phenoxy) is 1. The van der Waals surface area contributed by atoms with Crippen LogP contribution in [0.25, 0.3) is 0 Å². The van der Waals surface area contributed by atoms with Crippen molar-refractivity contribution in [3.8, 4) is 5.75 Å². The molecule has 29 heavy (non-hydrogen) atoms. The minimum absolute atomic E-state index is 0.127. The summed E-state index contributed by atoms with van der Waals surface area (Å²) >= 11 is 3.61. The predicted molar refractivity (Wildman–Crippen MR) is 116 cm³/mol. The molecular weight excluding hydrogens is 430 g/mol. The summed E-state index contributed by atoms with van der Waals surface area (Å²) in [5.74, 6) is 1.06. The van der Waals surface area contributed by atoms with Crippen LogP contribution in [0, 0.1) is 6.92 Å². The van der Waals surface area contributed by atoms with Gasteiger partial charge in [0.1, 0.15) is 5.75 Å². The van der Waals surface area contributed by atoms with Gasteiger partial charge in [-0.15, -0.1) is 0 Å². The second-order valence-corrected chi connectivity index (χ2v) is 9.13. The van der Waals surface area contributed by atoms with Crippen LogP contribution in [-0.2, 0) is 4.79 Å². The number of aryl methyl sites for hydroxylation is 1. The standard InChI is InChI=1S/C23H24BrN3O2/c1-15-3-5-17(6-4-15)20-14-21-19-13-18(24)7-8-22(19)29-23(27(21)25-20)9-11-26(12-10-23)16(2)28/h3-8,13,21H,9-12,14H2,1-2H3. The van der Waals surface area contributed by atoms with E-state index < -0.39 is 5.72 Å². The minimum atomic E-state index is -0.496. The van der Waals surface area contributed by atoms with E-state index in [1.165, 1.54) is 11.1 Å². The highest BCUT2D eigenvalue weighted by atomic mass is 79.9. The lowest BCUT2D eigenvalue weighted by Crippen LogP contribution is -2.59. The zero-order valence-corrected chi connectivity index (χ0v) is 18.3. The van der Waals surface area contributed by atoms with Crippen molar-refractivity contribution in [3.05, 3.63) is 63.6 Å². The number of nitrogens with zero attached hydrogens (tertiary/aromatic N) is 3. The molecule has 0 aliphatic carbocycles. The van der Waals surface area contributed by atoms with E-state index in [2.05, 4.69) is 64.3 Å². The number of likely N-dealkylation sites (tertiary alicyclic amines) is 1. The van der Waals surface area contributed by atoms with Crippen LogP contribution in [0.5, 0.6) is 5.75 Å². The van der Waals surface area contributed by atoms with Gasteiger partial charge in [-0.25, -0.2) is 5.01 Å². The number of amides is 1. The van der Waals surface area contributed by atoms with Gasteiger partial charge < -0.3 is 9.64 Å². The molecule has 1 spiro atoms. The summed E-state index contributed by atoms with van der Waals surface area (Å²) in [7, 11) is 0. The Hall–Kier alpha value is -2.34. The highest BCUT2D eigenvalue weighted by Crippen LogP contribution is 2.50. The van der Waals surface area contributed by atoms with Crippen molar-refractivity contribution in [2.24, 2.45) is 5.10 Å². The van der Waals surface area contributed by atoms with E-state index in [-0.39, 0.29) is 11.9 Å². The fourth-order valence-electron chi connectivity index (χ4n) is 4.67. The quantitative estimate of drug-likeness (QED) is 0.631. The maximum Gasteiger partial charge on any atom is 0.219 e. The molecule has 3 heterocycles. The molecule has 2 aromatic carbocycles. The first kappa shape index (κ1) is 18.7. The van der Waals surface area contributed by atoms with Crippen LogP contribution >= 0.6 is 15.9 Å². The Bertz CT molecular complexity index is 994. The summed E-state index contributed by atoms with van der Waals surface area (Å²) in [4.78, 5) is 13.7. The average molecular weight is 454 g/mol. The van der Waals surface area contributed by atoms with Crippen molar-refractivity contribution < 1.29 is 9.53 Å². The van der Waals surface area contributed by atoms with Gasteiger partial charge in [0.15, 0.2) is 0 Å². The third-order valence-electron chi connectivity index (χ3n) is 6.33. The molecule has 2 aromatic rings. The molecule has 6 heteroatoms. The van der Waals surface area contributed by atoms with Crippen LogP contribution in [0.4, 0.5) is 0 Å². The highest BCUT2D eigenvalue weighted by molar-refractivity contribution is 9.10. The normalized spacial score (nSPS) is 22.0. The van der Waals surface area contributed by atoms with Crippen LogP contribution in [0.15, 0.2) is 52.0 Å². The van der Waals surface area contributed by atoms with Crippen LogP contribution in [0.1, 0.15) is 48.9 Å². The molecule has 1 amide bonds. The molecule has 0 aromatic heterocycles. The minimum Gasteiger partial charge on any atom is -0.466 e. The molecule has 0 saturated carbocycles. The fourth-order valence-corrected chi connectivity index (χ4v) is 5.05. The molecule has 1 saturated heterocycles. The third kappa shape index (κ3) is 3.14. The average Bonchev–Trinajstić information content (AvgIpc) is 3.16. The second kappa shape index (κ2) is 6.87. The van der Waals surface area contributed by atoms with Gasteiger partial charge in [-0.1, -0.05) is 45.8 Å². The molecule has 1 fully saturated rings. The Labute approximate surface area is 179 Å². The van der Waals surface area contributed by atoms with Crippen molar-refractivity contribution in [1.29, 1.82) is 0 Å². The highest BCUT2D eigenvalue weighted by Gasteiger charge is 2.52. The summed E-state index contributed by atoms with van der Waals surface area (Å²) < 4.78 is 7.67. The molecule has 0 bridgehead atoms. The Balaban J connectivity index is 1.55. The predicted octanol–water partition coefficient (Wildman–Crippen LogP) is 4.64. The van der Waals surface area contributed by atoms with Crippen LogP contribution in [0.2, 0.25) is 0 Å². The van der Waals surface area contributed by atoms with Gasteiger partial charge in [-0.2, -0.15) is 5.10 Å². The van der Waals surface area contributed by atoms with E-state index in [9.17, 15) is 4.79 Å². The van der Waals surface area contributed by atoms with Crippen molar-refractivity contribution in [1.82, 2.24) is 9.91 Å². The van der Waals surface area contributed by atoms with Gasteiger partial charge in [0.25, 0.3) is 0 Å². The Kier molecular flexibility index (Phi) is 4.42. The maximum absolute atomic E-state index is 11.8. The molecule has 3 aliphatic heterocycles. The van der Waals surface area contributed by atoms with E-state index in [0.717, 1.165) is 40.8 Å². The summed E-state index contributed by atoms with van der Waals surface area (Å²) in [5, 5.41) is 7.28. The third-order valence-corrected chi connectivity index (χ3v) is 6.83. The lowest BCUT2D eigenvalue weighted by atomic mass is 9.90. The first-order chi connectivity index (χ1) is 13.9. The van der Waals surface area contributed by atoms with Crippen molar-refractivity contribution in [2.75, 3.05) is 13.1 Å². The molecule has 0 N–H and O–H groups in total. The maximum atomic E-state index is 11.8. The summed E-state index contributed by atoms with van der Waals surface area (Å²) in [6, 6.07) is 15.0. The molecule has 1 unspecified atom stereocenters. The summed E-state index contributed by atoms with van der Waals surface area (Å²) in [6.45, 7) is 5.13. The van der Waals surface area contributed by atoms with E-state index in [1.807, 2.05) is 11.0 Å². The number of carbonyl (C=O) groups excluding carboxylic acids is 1. The number of hydrazone groups is 1. The SMILES string of the molecule is CC(=O)N1CCC2(CC1)Oc1ccc(Br)cc1C1CC(c3ccc(C)cc3)=NN12. The Morgan fingerprint density at radius 2 is 1.90 bits per heavy atom. The van der Waals surface area contributed by atoms with Crippen LogP contribution in [0.3, 0.4) is 0 Å². The monoisotopic (exact) mass is 453 g/mol. The number of benzene rings is 2. The molecule has 0 radical (unpaired) electrons. The molecule has 150 valence electrons. The van der Waals surface area contributed by atoms with Crippen molar-refractivity contribution >= 4 is 27.5 Å². The molecule has 3 aliphatic rings. The summed E-state index contributed by atoms with van der Waals surface area (Å²) in [6.07, 6.45) is 2.36. The van der Waals surface area contributed by atoms with E-state index >= 15 is 0 Å². The molecule has 5 nitrogen and oxygen atoms in total. The van der Waals surface area contributed by atoms with E-state index in [4.69, 9.17) is 9.84 Å². The second-order valence-electron chi connectivity index (χ2n) is 8.21. The molecular formula is C23H24BrN3O2. The lowest BCUT2D eigenvalue weighted by Gasteiger charge is -2.51. The summed E-state index contributed by atoms with van der Waals surface area (Å²) in [5.41, 5.74) is 4.18. The Morgan fingerprint density at radius 3 is 2.59 bits per heavy atom. The topological polar surface area (TPSA) is 45.1 Å². The fraction of sp³-hybridized carbons (Fsp3) is 0.391. The van der Waals surface area contributed by atoms with Crippen LogP contribution in [-0.4, -0.2) is 40.3 Å². The van der Waals surface area contributed by atoms with Gasteiger partial charge in [-0.05, 0) is 30.7 Å². The van der Waals surface area contributed by atoms with Gasteiger partial charge in [-0.3, -0.25) is 4.79 Å². The van der Waals surface area contributed by atoms with Gasteiger partial charge in [0.05, 0.1) is 11.8 Å². The van der Waals surface area contributed by atoms with Gasteiger partial charge >= 0.3 is 0 Å². The Morgan fingerprint density at radius 1 is 1.17 bits per heavy atom. The number of hydrogen-bond donors (Lipinski definition) is 0. The zero-order valence-electron chi connectivity index (χ0n) is 16.7. The largest absolute Gasteiger partial charge is 0.466 e. The smallest absolute Gasteiger partial charge is 0.219 e. The van der Waals surface area contributed by atoms with Gasteiger partial charge in [0.2, 0.25) is 11.6 Å².